The SMILES string of the molecule is COc1cccc(O[C@@H](C)C(=O)NCc2ccc(N3CCCC3)cc2)c1. The van der Waals surface area contributed by atoms with Crippen LogP contribution >= 0.6 is 0 Å². The van der Waals surface area contributed by atoms with Crippen molar-refractivity contribution in [3.8, 4) is 11.5 Å². The fourth-order valence-electron chi connectivity index (χ4n) is 3.06. The molecule has 5 heteroatoms. The van der Waals surface area contributed by atoms with Crippen LogP contribution in [0.15, 0.2) is 48.5 Å². The number of anilines is 1. The second-order valence-electron chi connectivity index (χ2n) is 6.52. The average Bonchev–Trinajstić information content (AvgIpc) is 3.21. The molecule has 1 aliphatic rings. The highest BCUT2D eigenvalue weighted by atomic mass is 16.5. The first-order chi connectivity index (χ1) is 12.7. The third-order valence-corrected chi connectivity index (χ3v) is 4.60. The van der Waals surface area contributed by atoms with Crippen molar-refractivity contribution < 1.29 is 14.3 Å². The highest BCUT2D eigenvalue weighted by Gasteiger charge is 2.15. The van der Waals surface area contributed by atoms with Crippen LogP contribution in [0.5, 0.6) is 11.5 Å². The molecule has 0 saturated carbocycles. The molecule has 0 aromatic heterocycles. The van der Waals surface area contributed by atoms with Gasteiger partial charge in [-0.15, -0.1) is 0 Å². The topological polar surface area (TPSA) is 50.8 Å². The summed E-state index contributed by atoms with van der Waals surface area (Å²) in [5, 5.41) is 2.93. The van der Waals surface area contributed by atoms with E-state index in [0.717, 1.165) is 18.7 Å². The second kappa shape index (κ2) is 8.61. The number of benzene rings is 2. The number of hydrogen-bond donors (Lipinski definition) is 1. The van der Waals surface area contributed by atoms with E-state index in [2.05, 4.69) is 34.5 Å². The largest absolute Gasteiger partial charge is 0.497 e. The summed E-state index contributed by atoms with van der Waals surface area (Å²) in [6.45, 7) is 4.50. The molecule has 0 bridgehead atoms. The molecule has 0 aliphatic carbocycles. The molecule has 1 fully saturated rings. The summed E-state index contributed by atoms with van der Waals surface area (Å²) in [4.78, 5) is 14.7. The number of methoxy groups -OCH3 is 1. The molecule has 1 saturated heterocycles. The Morgan fingerprint density at radius 2 is 1.81 bits per heavy atom. The van der Waals surface area contributed by atoms with Crippen molar-refractivity contribution in [3.05, 3.63) is 54.1 Å². The van der Waals surface area contributed by atoms with E-state index in [1.807, 2.05) is 18.2 Å². The van der Waals surface area contributed by atoms with Crippen molar-refractivity contribution in [1.82, 2.24) is 5.32 Å². The van der Waals surface area contributed by atoms with Gasteiger partial charge in [-0.1, -0.05) is 18.2 Å². The summed E-state index contributed by atoms with van der Waals surface area (Å²) < 4.78 is 10.9. The zero-order valence-electron chi connectivity index (χ0n) is 15.4. The molecule has 0 radical (unpaired) electrons. The normalized spacial score (nSPS) is 14.8. The highest BCUT2D eigenvalue weighted by molar-refractivity contribution is 5.80. The number of amides is 1. The van der Waals surface area contributed by atoms with Crippen LogP contribution in [0.2, 0.25) is 0 Å². The standard InChI is InChI=1S/C21H26N2O3/c1-16(26-20-7-5-6-19(14-20)25-2)21(24)22-15-17-8-10-18(11-9-17)23-12-3-4-13-23/h5-11,14,16H,3-4,12-13,15H2,1-2H3,(H,22,24)/t16-/m0/s1. The minimum absolute atomic E-state index is 0.142. The maximum atomic E-state index is 12.3. The molecule has 5 nitrogen and oxygen atoms in total. The van der Waals surface area contributed by atoms with Gasteiger partial charge in [-0.3, -0.25) is 4.79 Å². The smallest absolute Gasteiger partial charge is 0.261 e. The molecule has 0 spiro atoms. The molecule has 3 rings (SSSR count). The first-order valence-corrected chi connectivity index (χ1v) is 9.08. The number of carbonyl (C=O) groups is 1. The predicted octanol–water partition coefficient (Wildman–Crippen LogP) is 3.38. The van der Waals surface area contributed by atoms with Crippen LogP contribution in [0.4, 0.5) is 5.69 Å². The van der Waals surface area contributed by atoms with Crippen LogP contribution in [0, 0.1) is 0 Å². The number of hydrogen-bond acceptors (Lipinski definition) is 4. The van der Waals surface area contributed by atoms with Crippen LogP contribution in [-0.4, -0.2) is 32.2 Å². The Bertz CT molecular complexity index is 724. The van der Waals surface area contributed by atoms with Gasteiger partial charge in [-0.05, 0) is 49.6 Å². The predicted molar refractivity (Wildman–Crippen MR) is 103 cm³/mol. The minimum atomic E-state index is -0.578. The summed E-state index contributed by atoms with van der Waals surface area (Å²) in [7, 11) is 1.60. The summed E-state index contributed by atoms with van der Waals surface area (Å²) in [6.07, 6.45) is 1.96. The van der Waals surface area contributed by atoms with Crippen LogP contribution < -0.4 is 19.7 Å². The van der Waals surface area contributed by atoms with Gasteiger partial charge in [-0.25, -0.2) is 0 Å². The summed E-state index contributed by atoms with van der Waals surface area (Å²) in [5.74, 6) is 1.17. The monoisotopic (exact) mass is 354 g/mol. The molecule has 1 amide bonds. The molecule has 0 unspecified atom stereocenters. The van der Waals surface area contributed by atoms with Gasteiger partial charge in [-0.2, -0.15) is 0 Å². The van der Waals surface area contributed by atoms with Crippen molar-refractivity contribution in [2.45, 2.75) is 32.4 Å². The lowest BCUT2D eigenvalue weighted by Crippen LogP contribution is -2.35. The number of nitrogens with one attached hydrogen (secondary N) is 1. The summed E-state index contributed by atoms with van der Waals surface area (Å²) in [5.41, 5.74) is 2.34. The lowest BCUT2D eigenvalue weighted by atomic mass is 10.2. The Kier molecular flexibility index (Phi) is 6.00. The fraction of sp³-hybridized carbons (Fsp3) is 0.381. The maximum Gasteiger partial charge on any atom is 0.261 e. The molecule has 1 aliphatic heterocycles. The Hall–Kier alpha value is -2.69. The van der Waals surface area contributed by atoms with E-state index in [1.165, 1.54) is 18.5 Å². The quantitative estimate of drug-likeness (QED) is 0.828. The number of carbonyl (C=O) groups excluding carboxylic acids is 1. The zero-order chi connectivity index (χ0) is 18.4. The van der Waals surface area contributed by atoms with E-state index in [9.17, 15) is 4.79 Å². The van der Waals surface area contributed by atoms with Crippen molar-refractivity contribution in [1.29, 1.82) is 0 Å². The van der Waals surface area contributed by atoms with Gasteiger partial charge in [0.25, 0.3) is 5.91 Å². The third kappa shape index (κ3) is 4.69. The highest BCUT2D eigenvalue weighted by Crippen LogP contribution is 2.21. The summed E-state index contributed by atoms with van der Waals surface area (Å²) in [6, 6.07) is 15.6. The lowest BCUT2D eigenvalue weighted by molar-refractivity contribution is -0.127. The molecular formula is C21H26N2O3. The van der Waals surface area contributed by atoms with Crippen LogP contribution in [0.3, 0.4) is 0 Å². The third-order valence-electron chi connectivity index (χ3n) is 4.60. The van der Waals surface area contributed by atoms with Gasteiger partial charge in [0.1, 0.15) is 11.5 Å². The van der Waals surface area contributed by atoms with Gasteiger partial charge in [0.05, 0.1) is 7.11 Å². The van der Waals surface area contributed by atoms with Gasteiger partial charge < -0.3 is 19.7 Å². The van der Waals surface area contributed by atoms with Gasteiger partial charge in [0.15, 0.2) is 6.10 Å². The van der Waals surface area contributed by atoms with Crippen LogP contribution in [0.25, 0.3) is 0 Å². The van der Waals surface area contributed by atoms with E-state index in [1.54, 1.807) is 20.1 Å². The van der Waals surface area contributed by atoms with Gasteiger partial charge in [0.2, 0.25) is 0 Å². The number of nitrogens with zero attached hydrogens (tertiary/aromatic N) is 1. The maximum absolute atomic E-state index is 12.3. The van der Waals surface area contributed by atoms with E-state index in [0.29, 0.717) is 18.0 Å². The Labute approximate surface area is 154 Å². The fourth-order valence-corrected chi connectivity index (χ4v) is 3.06. The molecule has 138 valence electrons. The molecule has 2 aromatic carbocycles. The van der Waals surface area contributed by atoms with Crippen molar-refractivity contribution in [2.75, 3.05) is 25.1 Å². The molecule has 1 N–H and O–H groups in total. The van der Waals surface area contributed by atoms with E-state index in [4.69, 9.17) is 9.47 Å². The van der Waals surface area contributed by atoms with Gasteiger partial charge in [0, 0.05) is 31.4 Å². The van der Waals surface area contributed by atoms with Gasteiger partial charge >= 0.3 is 0 Å². The minimum Gasteiger partial charge on any atom is -0.497 e. The number of ether oxygens (including phenoxy) is 2. The second-order valence-corrected chi connectivity index (χ2v) is 6.52. The van der Waals surface area contributed by atoms with Crippen LogP contribution in [0.1, 0.15) is 25.3 Å². The van der Waals surface area contributed by atoms with Crippen molar-refractivity contribution in [2.24, 2.45) is 0 Å². The lowest BCUT2D eigenvalue weighted by Gasteiger charge is -2.18. The molecular weight excluding hydrogens is 328 g/mol. The van der Waals surface area contributed by atoms with Crippen molar-refractivity contribution >= 4 is 11.6 Å². The molecule has 1 heterocycles. The molecule has 2 aromatic rings. The molecule has 1 atom stereocenters. The van der Waals surface area contributed by atoms with Crippen LogP contribution in [-0.2, 0) is 11.3 Å². The van der Waals surface area contributed by atoms with E-state index < -0.39 is 6.10 Å². The summed E-state index contributed by atoms with van der Waals surface area (Å²) >= 11 is 0. The first-order valence-electron chi connectivity index (χ1n) is 9.08. The average molecular weight is 354 g/mol. The Morgan fingerprint density at radius 3 is 2.50 bits per heavy atom. The number of rotatable bonds is 7. The first kappa shape index (κ1) is 18.1. The van der Waals surface area contributed by atoms with Crippen molar-refractivity contribution in [3.63, 3.8) is 0 Å². The van der Waals surface area contributed by atoms with E-state index in [-0.39, 0.29) is 5.91 Å². The Morgan fingerprint density at radius 1 is 1.12 bits per heavy atom. The zero-order valence-corrected chi connectivity index (χ0v) is 15.4. The molecule has 26 heavy (non-hydrogen) atoms. The Balaban J connectivity index is 1.49. The van der Waals surface area contributed by atoms with E-state index >= 15 is 0 Å².